The number of nitrogens with zero attached hydrogens (tertiary/aromatic N) is 3. The van der Waals surface area contributed by atoms with E-state index in [-0.39, 0.29) is 5.54 Å². The van der Waals surface area contributed by atoms with Crippen LogP contribution in [0.15, 0.2) is 12.4 Å². The molecule has 1 aromatic heterocycles. The molecule has 5 heteroatoms. The quantitative estimate of drug-likeness (QED) is 0.799. The van der Waals surface area contributed by atoms with Crippen molar-refractivity contribution in [3.63, 3.8) is 0 Å². The van der Waals surface area contributed by atoms with Crippen LogP contribution in [0.1, 0.15) is 20.8 Å². The molecule has 5 nitrogen and oxygen atoms in total. The lowest BCUT2D eigenvalue weighted by Crippen LogP contribution is -2.38. The highest BCUT2D eigenvalue weighted by molar-refractivity contribution is 5.49. The van der Waals surface area contributed by atoms with Gasteiger partial charge in [-0.15, -0.1) is 0 Å². The largest absolute Gasteiger partial charge is 0.369 e. The molecule has 0 amide bonds. The molecule has 1 rings (SSSR count). The fourth-order valence-electron chi connectivity index (χ4n) is 1.17. The van der Waals surface area contributed by atoms with Crippen molar-refractivity contribution >= 4 is 11.6 Å². The molecule has 1 heterocycles. The summed E-state index contributed by atoms with van der Waals surface area (Å²) in [6.45, 7) is 7.73. The van der Waals surface area contributed by atoms with Crippen LogP contribution < -0.4 is 16.0 Å². The molecule has 0 spiro atoms. The lowest BCUT2D eigenvalue weighted by Gasteiger charge is -2.33. The Morgan fingerprint density at radius 2 is 2.06 bits per heavy atom. The molecule has 0 bridgehead atoms. The van der Waals surface area contributed by atoms with Crippen LogP contribution in [0.2, 0.25) is 0 Å². The number of rotatable bonds is 4. The first kappa shape index (κ1) is 12.7. The summed E-state index contributed by atoms with van der Waals surface area (Å²) in [5.41, 5.74) is 5.47. The van der Waals surface area contributed by atoms with E-state index in [0.717, 1.165) is 18.2 Å². The maximum absolute atomic E-state index is 5.43. The monoisotopic (exact) mass is 223 g/mol. The van der Waals surface area contributed by atoms with Crippen molar-refractivity contribution in [2.45, 2.75) is 26.3 Å². The van der Waals surface area contributed by atoms with Crippen molar-refractivity contribution in [2.75, 3.05) is 30.4 Å². The first-order chi connectivity index (χ1) is 7.45. The van der Waals surface area contributed by atoms with Gasteiger partial charge in [-0.05, 0) is 20.8 Å². The van der Waals surface area contributed by atoms with Gasteiger partial charge in [-0.1, -0.05) is 0 Å². The van der Waals surface area contributed by atoms with E-state index in [1.54, 1.807) is 6.33 Å². The minimum absolute atomic E-state index is 0.0412. The van der Waals surface area contributed by atoms with Gasteiger partial charge in [-0.3, -0.25) is 0 Å². The molecule has 0 atom stereocenters. The summed E-state index contributed by atoms with van der Waals surface area (Å²) in [7, 11) is 2.02. The molecule has 16 heavy (non-hydrogen) atoms. The molecule has 0 radical (unpaired) electrons. The highest BCUT2D eigenvalue weighted by Crippen LogP contribution is 2.20. The van der Waals surface area contributed by atoms with Crippen LogP contribution in [0, 0.1) is 0 Å². The predicted molar refractivity (Wildman–Crippen MR) is 67.7 cm³/mol. The molecule has 0 unspecified atom stereocenters. The standard InChI is InChI=1S/C11H21N5/c1-11(2,3)16(4)10-7-9(13-6-5-12)14-8-15-10/h7-8H,5-6,12H2,1-4H3,(H,13,14,15). The van der Waals surface area contributed by atoms with E-state index in [0.29, 0.717) is 6.54 Å². The first-order valence-corrected chi connectivity index (χ1v) is 5.45. The Morgan fingerprint density at radius 1 is 1.38 bits per heavy atom. The summed E-state index contributed by atoms with van der Waals surface area (Å²) in [5.74, 6) is 1.72. The van der Waals surface area contributed by atoms with Gasteiger partial charge in [-0.2, -0.15) is 0 Å². The van der Waals surface area contributed by atoms with Crippen LogP contribution in [0.5, 0.6) is 0 Å². The Morgan fingerprint density at radius 3 is 2.62 bits per heavy atom. The van der Waals surface area contributed by atoms with Crippen molar-refractivity contribution in [1.29, 1.82) is 0 Å². The van der Waals surface area contributed by atoms with E-state index in [1.807, 2.05) is 13.1 Å². The molecule has 0 aliphatic carbocycles. The average Bonchev–Trinajstić information content (AvgIpc) is 2.24. The number of hydrogen-bond donors (Lipinski definition) is 2. The maximum atomic E-state index is 5.43. The predicted octanol–water partition coefficient (Wildman–Crippen LogP) is 1.08. The van der Waals surface area contributed by atoms with Gasteiger partial charge in [-0.25, -0.2) is 9.97 Å². The number of aromatic nitrogens is 2. The Balaban J connectivity index is 2.81. The Bertz CT molecular complexity index is 331. The van der Waals surface area contributed by atoms with E-state index in [2.05, 4.69) is 41.0 Å². The molecular formula is C11H21N5. The summed E-state index contributed by atoms with van der Waals surface area (Å²) in [5, 5.41) is 3.14. The van der Waals surface area contributed by atoms with Crippen LogP contribution in [-0.2, 0) is 0 Å². The summed E-state index contributed by atoms with van der Waals surface area (Å²) in [6, 6.07) is 1.93. The highest BCUT2D eigenvalue weighted by atomic mass is 15.2. The number of nitrogens with one attached hydrogen (secondary N) is 1. The Labute approximate surface area is 97.1 Å². The summed E-state index contributed by atoms with van der Waals surface area (Å²) in [4.78, 5) is 10.5. The zero-order chi connectivity index (χ0) is 12.2. The molecule has 0 saturated carbocycles. The van der Waals surface area contributed by atoms with Gasteiger partial charge in [0, 0.05) is 31.7 Å². The molecule has 1 aromatic rings. The van der Waals surface area contributed by atoms with Gasteiger partial charge in [0.05, 0.1) is 0 Å². The molecule has 90 valence electrons. The molecule has 0 aliphatic rings. The van der Waals surface area contributed by atoms with E-state index in [4.69, 9.17) is 5.73 Å². The maximum Gasteiger partial charge on any atom is 0.134 e. The van der Waals surface area contributed by atoms with Crippen molar-refractivity contribution in [2.24, 2.45) is 5.73 Å². The highest BCUT2D eigenvalue weighted by Gasteiger charge is 2.18. The van der Waals surface area contributed by atoms with E-state index < -0.39 is 0 Å². The Kier molecular flexibility index (Phi) is 4.06. The summed E-state index contributed by atoms with van der Waals surface area (Å²) in [6.07, 6.45) is 1.57. The van der Waals surface area contributed by atoms with Crippen molar-refractivity contribution < 1.29 is 0 Å². The average molecular weight is 223 g/mol. The van der Waals surface area contributed by atoms with E-state index >= 15 is 0 Å². The SMILES string of the molecule is CN(c1cc(NCCN)ncn1)C(C)(C)C. The van der Waals surface area contributed by atoms with Crippen LogP contribution in [0.4, 0.5) is 11.6 Å². The second kappa shape index (κ2) is 5.12. The van der Waals surface area contributed by atoms with Crippen LogP contribution in [0.25, 0.3) is 0 Å². The lowest BCUT2D eigenvalue weighted by atomic mass is 10.1. The second-order valence-corrected chi connectivity index (χ2v) is 4.71. The van der Waals surface area contributed by atoms with Gasteiger partial charge in [0.25, 0.3) is 0 Å². The van der Waals surface area contributed by atoms with Crippen molar-refractivity contribution in [3.8, 4) is 0 Å². The number of anilines is 2. The third-order valence-corrected chi connectivity index (χ3v) is 2.45. The fourth-order valence-corrected chi connectivity index (χ4v) is 1.17. The zero-order valence-corrected chi connectivity index (χ0v) is 10.5. The third kappa shape index (κ3) is 3.34. The third-order valence-electron chi connectivity index (χ3n) is 2.45. The molecular weight excluding hydrogens is 202 g/mol. The topological polar surface area (TPSA) is 67.1 Å². The fraction of sp³-hybridized carbons (Fsp3) is 0.636. The first-order valence-electron chi connectivity index (χ1n) is 5.45. The van der Waals surface area contributed by atoms with Crippen LogP contribution in [-0.4, -0.2) is 35.6 Å². The molecule has 0 aliphatic heterocycles. The zero-order valence-electron chi connectivity index (χ0n) is 10.5. The van der Waals surface area contributed by atoms with E-state index in [1.165, 1.54) is 0 Å². The molecule has 0 aromatic carbocycles. The van der Waals surface area contributed by atoms with Gasteiger partial charge < -0.3 is 16.0 Å². The number of nitrogens with two attached hydrogens (primary N) is 1. The second-order valence-electron chi connectivity index (χ2n) is 4.71. The van der Waals surface area contributed by atoms with Crippen LogP contribution in [0.3, 0.4) is 0 Å². The smallest absolute Gasteiger partial charge is 0.134 e. The Hall–Kier alpha value is -1.36. The summed E-state index contributed by atoms with van der Waals surface area (Å²) < 4.78 is 0. The normalized spacial score (nSPS) is 11.3. The van der Waals surface area contributed by atoms with Crippen molar-refractivity contribution in [1.82, 2.24) is 9.97 Å². The van der Waals surface area contributed by atoms with Gasteiger partial charge in [0.1, 0.15) is 18.0 Å². The minimum Gasteiger partial charge on any atom is -0.369 e. The number of hydrogen-bond acceptors (Lipinski definition) is 5. The molecule has 0 saturated heterocycles. The lowest BCUT2D eigenvalue weighted by molar-refractivity contribution is 0.533. The van der Waals surface area contributed by atoms with Gasteiger partial charge in [0.15, 0.2) is 0 Å². The van der Waals surface area contributed by atoms with Gasteiger partial charge in [0.2, 0.25) is 0 Å². The molecule has 3 N–H and O–H groups in total. The van der Waals surface area contributed by atoms with Crippen LogP contribution >= 0.6 is 0 Å². The molecule has 0 fully saturated rings. The summed E-state index contributed by atoms with van der Waals surface area (Å²) >= 11 is 0. The van der Waals surface area contributed by atoms with E-state index in [9.17, 15) is 0 Å². The van der Waals surface area contributed by atoms with Gasteiger partial charge >= 0.3 is 0 Å². The van der Waals surface area contributed by atoms with Crippen molar-refractivity contribution in [3.05, 3.63) is 12.4 Å². The minimum atomic E-state index is 0.0412.